The molecule has 2 saturated heterocycles. The van der Waals surface area contributed by atoms with E-state index in [-0.39, 0.29) is 48.1 Å². The van der Waals surface area contributed by atoms with Crippen LogP contribution in [0.2, 0.25) is 0 Å². The van der Waals surface area contributed by atoms with Crippen molar-refractivity contribution in [2.45, 2.75) is 94.5 Å². The van der Waals surface area contributed by atoms with Crippen molar-refractivity contribution in [1.82, 2.24) is 30.4 Å². The predicted molar refractivity (Wildman–Crippen MR) is 224 cm³/mol. The number of aromatic nitrogens is 2. The van der Waals surface area contributed by atoms with E-state index in [9.17, 15) is 24.0 Å². The van der Waals surface area contributed by atoms with Gasteiger partial charge < -0.3 is 24.6 Å². The van der Waals surface area contributed by atoms with Crippen LogP contribution in [-0.4, -0.2) is 106 Å². The lowest BCUT2D eigenvalue weighted by Crippen LogP contribution is -2.54. The number of rotatable bonds is 11. The highest BCUT2D eigenvalue weighted by molar-refractivity contribution is 6.23. The van der Waals surface area contributed by atoms with Crippen molar-refractivity contribution in [3.63, 3.8) is 0 Å². The smallest absolute Gasteiger partial charge is 0.262 e. The third-order valence-corrected chi connectivity index (χ3v) is 13.0. The fraction of sp³-hybridized carbons (Fsp3) is 0.435. The Morgan fingerprint density at radius 1 is 0.902 bits per heavy atom. The zero-order chi connectivity index (χ0) is 42.2. The predicted octanol–water partition coefficient (Wildman–Crippen LogP) is 5.46. The fourth-order valence-corrected chi connectivity index (χ4v) is 9.42. The van der Waals surface area contributed by atoms with Crippen molar-refractivity contribution < 1.29 is 33.4 Å². The van der Waals surface area contributed by atoms with Gasteiger partial charge in [0.15, 0.2) is 0 Å². The topological polar surface area (TPSA) is 168 Å². The van der Waals surface area contributed by atoms with E-state index in [2.05, 4.69) is 42.3 Å². The standard InChI is InChI=1S/C46H48N8O7/c1-47-37-12-14-39(35-4-3-19-48-42(35)37)61-31-8-6-29(7-9-31)50-43(56)28-5-15-40(49-25-28)53-20-17-27(18-21-53)26-52(2)30-22-33(23-30)60-32-10-11-34-36(24-32)46(59)54(45(34)58)38-13-16-41(55)51-44(38)57/h3-5,10-12,14-15,19,24-25,27,29-31,33,38H,6-9,13,16-18,20-23,26H2,2H3,(H,50,56)(H,51,55,57). The third-order valence-electron chi connectivity index (χ3n) is 13.0. The van der Waals surface area contributed by atoms with E-state index in [1.807, 2.05) is 30.3 Å². The third kappa shape index (κ3) is 8.24. The van der Waals surface area contributed by atoms with Crippen LogP contribution in [0.3, 0.4) is 0 Å². The molecule has 1 atom stereocenters. The van der Waals surface area contributed by atoms with Crippen LogP contribution in [0.1, 0.15) is 95.3 Å². The molecule has 5 aliphatic rings. The summed E-state index contributed by atoms with van der Waals surface area (Å²) in [7, 11) is 2.17. The number of hydrogen-bond acceptors (Lipinski definition) is 11. The average molecular weight is 825 g/mol. The zero-order valence-electron chi connectivity index (χ0n) is 34.0. The molecule has 0 bridgehead atoms. The van der Waals surface area contributed by atoms with Crippen molar-refractivity contribution in [2.75, 3.05) is 31.6 Å². The van der Waals surface area contributed by atoms with Crippen LogP contribution >= 0.6 is 0 Å². The Morgan fingerprint density at radius 2 is 1.69 bits per heavy atom. The Bertz CT molecular complexity index is 2410. The molecule has 15 heteroatoms. The molecule has 2 aromatic carbocycles. The van der Waals surface area contributed by atoms with E-state index >= 15 is 0 Å². The zero-order valence-corrected chi connectivity index (χ0v) is 34.0. The number of fused-ring (bicyclic) bond motifs is 2. The first-order valence-corrected chi connectivity index (χ1v) is 21.3. The minimum atomic E-state index is -0.998. The van der Waals surface area contributed by atoms with Gasteiger partial charge in [-0.1, -0.05) is 6.07 Å². The molecule has 314 valence electrons. The largest absolute Gasteiger partial charge is 0.490 e. The van der Waals surface area contributed by atoms with E-state index < -0.39 is 29.7 Å². The number of pyridine rings is 2. The first-order valence-electron chi connectivity index (χ1n) is 21.3. The van der Waals surface area contributed by atoms with E-state index in [1.54, 1.807) is 36.7 Å². The SMILES string of the molecule is [C-]#[N+]c1ccc(OC2CCC(NC(=O)c3ccc(N4CCC(CN(C)C5CC(Oc6ccc7c(c6)C(=O)N(C6CCC(=O)NC6=O)C7=O)C5)CC4)nc3)CC2)c2cccnc12. The van der Waals surface area contributed by atoms with Crippen molar-refractivity contribution in [2.24, 2.45) is 5.92 Å². The van der Waals surface area contributed by atoms with E-state index in [4.69, 9.17) is 16.0 Å². The number of carbonyl (C=O) groups is 5. The molecule has 3 aliphatic heterocycles. The van der Waals surface area contributed by atoms with Gasteiger partial charge >= 0.3 is 0 Å². The molecule has 4 aromatic rings. The average Bonchev–Trinajstić information content (AvgIpc) is 3.50. The molecule has 61 heavy (non-hydrogen) atoms. The van der Waals surface area contributed by atoms with Crippen molar-refractivity contribution in [3.05, 3.63) is 95.1 Å². The highest BCUT2D eigenvalue weighted by Gasteiger charge is 2.45. The summed E-state index contributed by atoms with van der Waals surface area (Å²) in [5.41, 5.74) is 2.17. The van der Waals surface area contributed by atoms with Crippen molar-refractivity contribution in [3.8, 4) is 11.5 Å². The van der Waals surface area contributed by atoms with Gasteiger partial charge in [0.2, 0.25) is 17.5 Å². The molecule has 2 saturated carbocycles. The lowest BCUT2D eigenvalue weighted by molar-refractivity contribution is -0.136. The Balaban J connectivity index is 0.685. The maximum absolute atomic E-state index is 13.2. The normalized spacial score (nSPS) is 24.2. The molecule has 4 fully saturated rings. The summed E-state index contributed by atoms with van der Waals surface area (Å²) in [5.74, 6) is 0.477. The number of carbonyl (C=O) groups excluding carboxylic acids is 5. The quantitative estimate of drug-likeness (QED) is 0.146. The minimum Gasteiger partial charge on any atom is -0.490 e. The second-order valence-corrected chi connectivity index (χ2v) is 17.0. The molecule has 2 aliphatic carbocycles. The maximum Gasteiger partial charge on any atom is 0.262 e. The summed E-state index contributed by atoms with van der Waals surface area (Å²) >= 11 is 0. The van der Waals surface area contributed by atoms with Crippen LogP contribution in [0.4, 0.5) is 11.5 Å². The van der Waals surface area contributed by atoms with Crippen LogP contribution in [0.5, 0.6) is 11.5 Å². The summed E-state index contributed by atoms with van der Waals surface area (Å²) < 4.78 is 12.6. The molecular formula is C46H48N8O7. The summed E-state index contributed by atoms with van der Waals surface area (Å²) in [6.45, 7) is 10.2. The van der Waals surface area contributed by atoms with Crippen LogP contribution in [0.25, 0.3) is 15.7 Å². The number of hydrogen-bond donors (Lipinski definition) is 2. The molecule has 2 aromatic heterocycles. The minimum absolute atomic E-state index is 0.00195. The van der Waals surface area contributed by atoms with Crippen LogP contribution in [-0.2, 0) is 9.59 Å². The van der Waals surface area contributed by atoms with Crippen LogP contribution in [0.15, 0.2) is 67.0 Å². The maximum atomic E-state index is 13.2. The number of imide groups is 2. The molecule has 9 rings (SSSR count). The lowest BCUT2D eigenvalue weighted by atomic mass is 9.86. The molecule has 5 amide bonds. The van der Waals surface area contributed by atoms with Gasteiger partial charge in [0.1, 0.15) is 29.5 Å². The van der Waals surface area contributed by atoms with Crippen LogP contribution < -0.4 is 25.0 Å². The fourth-order valence-electron chi connectivity index (χ4n) is 9.42. The van der Waals surface area contributed by atoms with Gasteiger partial charge in [0.25, 0.3) is 17.7 Å². The lowest BCUT2D eigenvalue weighted by Gasteiger charge is -2.43. The van der Waals surface area contributed by atoms with Gasteiger partial charge in [0, 0.05) is 68.8 Å². The summed E-state index contributed by atoms with van der Waals surface area (Å²) in [6.07, 6.45) is 10.7. The molecular weight excluding hydrogens is 777 g/mol. The summed E-state index contributed by atoms with van der Waals surface area (Å²) in [4.78, 5) is 81.7. The van der Waals surface area contributed by atoms with E-state index in [0.29, 0.717) is 34.5 Å². The molecule has 1 unspecified atom stereocenters. The first-order chi connectivity index (χ1) is 29.6. The monoisotopic (exact) mass is 824 g/mol. The number of benzene rings is 2. The van der Waals surface area contributed by atoms with Gasteiger partial charge in [-0.3, -0.25) is 39.2 Å². The number of anilines is 1. The van der Waals surface area contributed by atoms with Gasteiger partial charge in [-0.25, -0.2) is 9.83 Å². The number of piperidine rings is 2. The number of ether oxygens (including phenoxy) is 2. The Morgan fingerprint density at radius 3 is 2.43 bits per heavy atom. The van der Waals surface area contributed by atoms with Gasteiger partial charge in [0.05, 0.1) is 34.9 Å². The Kier molecular flexibility index (Phi) is 11.1. The molecule has 15 nitrogen and oxygen atoms in total. The van der Waals surface area contributed by atoms with Crippen molar-refractivity contribution in [1.29, 1.82) is 0 Å². The van der Waals surface area contributed by atoms with Crippen LogP contribution in [0, 0.1) is 12.5 Å². The molecule has 5 heterocycles. The Labute approximate surface area is 353 Å². The van der Waals surface area contributed by atoms with Gasteiger partial charge in [-0.2, -0.15) is 0 Å². The van der Waals surface area contributed by atoms with E-state index in [1.165, 1.54) is 0 Å². The summed E-state index contributed by atoms with van der Waals surface area (Å²) in [6, 6.07) is 15.5. The summed E-state index contributed by atoms with van der Waals surface area (Å²) in [5, 5.41) is 6.26. The number of nitrogens with one attached hydrogen (secondary N) is 2. The second kappa shape index (κ2) is 16.9. The number of amides is 5. The number of nitrogens with zero attached hydrogens (tertiary/aromatic N) is 6. The highest BCUT2D eigenvalue weighted by Crippen LogP contribution is 2.36. The Hall–Kier alpha value is -6.40. The van der Waals surface area contributed by atoms with E-state index in [0.717, 1.165) is 92.9 Å². The molecule has 0 radical (unpaired) electrons. The first kappa shape index (κ1) is 40.0. The second-order valence-electron chi connectivity index (χ2n) is 17.0. The van der Waals surface area contributed by atoms with Gasteiger partial charge in [-0.05, 0) is 106 Å². The van der Waals surface area contributed by atoms with Gasteiger partial charge in [-0.15, -0.1) is 0 Å². The highest BCUT2D eigenvalue weighted by atomic mass is 16.5. The molecule has 2 N–H and O–H groups in total. The molecule has 0 spiro atoms. The van der Waals surface area contributed by atoms with Crippen molar-refractivity contribution >= 4 is 51.9 Å².